The third-order valence-corrected chi connectivity index (χ3v) is 15.3. The molecule has 3 aliphatic heterocycles. The van der Waals surface area contributed by atoms with Gasteiger partial charge in [0.2, 0.25) is 0 Å². The number of hydrogen-bond donors (Lipinski definition) is 0. The third kappa shape index (κ3) is 22.4. The molecule has 3 heterocycles. The first kappa shape index (κ1) is 84.6. The SMILES string of the molecule is O=S(=O)=O.O=S(=O)=O.O=S(=O)=O.[CH2-]CC[N+]1=C(C=CC(=CC=C2N(CCCC)c3ccc4[c-]cc(S(=O)(=O)[O-])cc4c3C2(C)C)c2cccc(CCCCC(=O)ON3C(=O)CCC3=O)c2)C(C)(C)c2c1ccc1c(S(=O)(=O)[O-])c[c-]cc21.[Na+].[Na+].[Na+].[Na+].[Na+]. The zero-order valence-electron chi connectivity index (χ0n) is 49.9. The number of nitrogens with zero attached hydrogens (tertiary/aromatic N) is 3. The van der Waals surface area contributed by atoms with Gasteiger partial charge >= 0.3 is 186 Å². The molecule has 1 saturated heterocycles. The molecular formula is C55H55N3Na5O19S5+. The fourth-order valence-corrected chi connectivity index (χ4v) is 11.3. The van der Waals surface area contributed by atoms with Crippen LogP contribution in [0.5, 0.6) is 0 Å². The van der Waals surface area contributed by atoms with E-state index in [1.807, 2.05) is 36.4 Å². The third-order valence-electron chi connectivity index (χ3n) is 13.6. The Morgan fingerprint density at radius 2 is 1.36 bits per heavy atom. The fraction of sp³-hybridized carbons (Fsp3) is 0.327. The first-order valence-corrected chi connectivity index (χ1v) is 30.8. The molecule has 0 spiro atoms. The summed E-state index contributed by atoms with van der Waals surface area (Å²) in [5, 5.41) is 2.86. The molecule has 3 aliphatic rings. The molecule has 0 N–H and O–H groups in total. The predicted molar refractivity (Wildman–Crippen MR) is 295 cm³/mol. The maximum atomic E-state index is 12.5. The second-order valence-corrected chi connectivity index (χ2v) is 23.6. The smallest absolute Gasteiger partial charge is 0.754 e. The molecule has 32 heteroatoms. The molecule has 2 amide bonds. The molecule has 0 bridgehead atoms. The number of amides is 2. The number of rotatable bonds is 17. The second kappa shape index (κ2) is 37.3. The number of fused-ring (bicyclic) bond motifs is 6. The minimum absolute atomic E-state index is 0. The van der Waals surface area contributed by atoms with Gasteiger partial charge in [-0.05, 0) is 89.3 Å². The van der Waals surface area contributed by atoms with Gasteiger partial charge in [-0.15, -0.1) is 95.2 Å². The summed E-state index contributed by atoms with van der Waals surface area (Å²) < 4.78 is 152. The number of carbonyl (C=O) groups excluding carboxylic acids is 3. The van der Waals surface area contributed by atoms with E-state index < -0.39 is 80.7 Å². The second-order valence-electron chi connectivity index (χ2n) is 19.6. The van der Waals surface area contributed by atoms with Crippen LogP contribution in [0.4, 0.5) is 11.4 Å². The molecule has 5 aromatic carbocycles. The van der Waals surface area contributed by atoms with E-state index >= 15 is 0 Å². The minimum Gasteiger partial charge on any atom is -0.754 e. The van der Waals surface area contributed by atoms with Crippen LogP contribution in [0.2, 0.25) is 0 Å². The molecule has 0 unspecified atom stereocenters. The Kier molecular flexibility index (Phi) is 36.3. The Hall–Kier alpha value is -2.40. The summed E-state index contributed by atoms with van der Waals surface area (Å²) in [7, 11) is -18.9. The van der Waals surface area contributed by atoms with Crippen LogP contribution in [0.15, 0.2) is 113 Å². The number of imide groups is 1. The number of benzene rings is 5. The van der Waals surface area contributed by atoms with Gasteiger partial charge in [-0.1, -0.05) is 69.7 Å². The molecule has 8 rings (SSSR count). The normalized spacial score (nSPS) is 14.9. The molecule has 438 valence electrons. The summed E-state index contributed by atoms with van der Waals surface area (Å²) in [6, 6.07) is 27.2. The quantitative estimate of drug-likeness (QED) is 0.0159. The molecule has 0 saturated carbocycles. The topological polar surface area (TPSA) is 338 Å². The van der Waals surface area contributed by atoms with E-state index in [1.165, 1.54) is 18.2 Å². The maximum Gasteiger partial charge on any atom is 1.00 e. The molecule has 0 aliphatic carbocycles. The van der Waals surface area contributed by atoms with E-state index in [4.69, 9.17) is 42.7 Å². The van der Waals surface area contributed by atoms with Gasteiger partial charge in [-0.2, -0.15) is 22.8 Å². The summed E-state index contributed by atoms with van der Waals surface area (Å²) in [5.41, 5.74) is 6.88. The number of carbonyl (C=O) groups is 3. The Morgan fingerprint density at radius 1 is 0.747 bits per heavy atom. The first-order valence-electron chi connectivity index (χ1n) is 25.0. The molecular weight excluding hydrogens is 1280 g/mol. The number of aryl methyl sites for hydroxylation is 1. The van der Waals surface area contributed by atoms with Crippen LogP contribution in [-0.2, 0) is 88.5 Å². The average molecular weight is 1340 g/mol. The summed E-state index contributed by atoms with van der Waals surface area (Å²) >= 11 is 0. The van der Waals surface area contributed by atoms with Crippen molar-refractivity contribution in [3.05, 3.63) is 144 Å². The standard InChI is InChI=1S/C55H57N3O10S2.5Na.3O3S/c1-7-9-33-57-44-26-21-38-20-24-40(69(62,63)64)35-43(38)53(44)55(5,6)48(57)29-23-37(39-16-12-15-36(34-39)14-10-11-19-51(61)68-58-49(59)30-31-50(58)60)22-28-47-54(3,4)52-42-17-13-18-46(70(65,66)67)41(42)25-27-45(52)56(47)32-8-2;;;;;;3*1-4(2)3/h12,15-18,21-29,34-35H,2,7-11,14,19,30-33H2,1,3-6H3,(H,62,63,64)(H,65,66,67);;;;;;;;/q-2;5*+1;;;/p-2. The number of unbranched alkanes of at least 4 members (excludes halogenated alkanes) is 2. The first-order chi connectivity index (χ1) is 38.4. The van der Waals surface area contributed by atoms with Gasteiger partial charge in [-0.25, -0.2) is 13.2 Å². The Morgan fingerprint density at radius 3 is 1.92 bits per heavy atom. The molecule has 0 atom stereocenters. The van der Waals surface area contributed by atoms with Crippen molar-refractivity contribution in [3.8, 4) is 0 Å². The zero-order valence-corrected chi connectivity index (χ0v) is 63.9. The summed E-state index contributed by atoms with van der Waals surface area (Å²) in [4.78, 5) is 43.1. The van der Waals surface area contributed by atoms with Crippen LogP contribution < -0.4 is 153 Å². The molecule has 87 heavy (non-hydrogen) atoms. The van der Waals surface area contributed by atoms with Gasteiger partial charge in [0.05, 0.1) is 25.7 Å². The van der Waals surface area contributed by atoms with Gasteiger partial charge in [0.15, 0.2) is 11.4 Å². The van der Waals surface area contributed by atoms with Crippen LogP contribution in [0.3, 0.4) is 0 Å². The van der Waals surface area contributed by atoms with Crippen molar-refractivity contribution in [1.82, 2.24) is 5.06 Å². The molecule has 0 aromatic heterocycles. The van der Waals surface area contributed by atoms with Crippen molar-refractivity contribution in [3.63, 3.8) is 0 Å². The van der Waals surface area contributed by atoms with E-state index in [0.29, 0.717) is 65.4 Å². The predicted octanol–water partition coefficient (Wildman–Crippen LogP) is -8.55. The fourth-order valence-electron chi connectivity index (χ4n) is 10.2. The van der Waals surface area contributed by atoms with Crippen LogP contribution in [0.25, 0.3) is 27.1 Å². The molecule has 0 radical (unpaired) electrons. The van der Waals surface area contributed by atoms with Crippen molar-refractivity contribution in [2.24, 2.45) is 0 Å². The van der Waals surface area contributed by atoms with E-state index in [0.717, 1.165) is 63.5 Å². The number of hydrogen-bond acceptors (Lipinski definition) is 20. The van der Waals surface area contributed by atoms with Crippen molar-refractivity contribution in [2.75, 3.05) is 18.0 Å². The van der Waals surface area contributed by atoms with E-state index in [-0.39, 0.29) is 177 Å². The molecule has 5 aromatic rings. The van der Waals surface area contributed by atoms with E-state index in [2.05, 4.69) is 93.5 Å². The average Bonchev–Trinajstić information content (AvgIpc) is 1.74. The minimum atomic E-state index is -4.79. The van der Waals surface area contributed by atoms with Gasteiger partial charge < -0.3 is 25.8 Å². The van der Waals surface area contributed by atoms with Crippen LogP contribution in [0.1, 0.15) is 108 Å². The van der Waals surface area contributed by atoms with Crippen LogP contribution in [-0.4, -0.2) is 110 Å². The summed E-state index contributed by atoms with van der Waals surface area (Å²) in [6.07, 6.45) is 12.5. The maximum absolute atomic E-state index is 12.5. The van der Waals surface area contributed by atoms with Crippen molar-refractivity contribution in [2.45, 2.75) is 113 Å². The Labute approximate surface area is 621 Å². The zero-order chi connectivity index (χ0) is 61.1. The van der Waals surface area contributed by atoms with Crippen LogP contribution >= 0.6 is 0 Å². The summed E-state index contributed by atoms with van der Waals surface area (Å²) in [5.74, 6) is -1.69. The van der Waals surface area contributed by atoms with Crippen molar-refractivity contribution < 1.29 is 235 Å². The van der Waals surface area contributed by atoms with Crippen molar-refractivity contribution >= 4 is 114 Å². The van der Waals surface area contributed by atoms with Gasteiger partial charge in [0, 0.05) is 54.7 Å². The largest absolute Gasteiger partial charge is 1.00 e. The van der Waals surface area contributed by atoms with Gasteiger partial charge in [0.25, 0.3) is 11.8 Å². The summed E-state index contributed by atoms with van der Waals surface area (Å²) in [6.45, 7) is 15.9. The van der Waals surface area contributed by atoms with E-state index in [9.17, 15) is 40.3 Å². The van der Waals surface area contributed by atoms with Gasteiger partial charge in [-0.3, -0.25) is 18.0 Å². The molecule has 22 nitrogen and oxygen atoms in total. The molecule has 1 fully saturated rings. The number of anilines is 1. The van der Waals surface area contributed by atoms with Crippen LogP contribution in [0, 0.1) is 19.1 Å². The monoisotopic (exact) mass is 1340 g/mol. The van der Waals surface area contributed by atoms with E-state index in [1.54, 1.807) is 12.1 Å². The Balaban J connectivity index is 0.00000399. The Bertz CT molecular complexity index is 4000. The number of allylic oxidation sites excluding steroid dienone is 6. The van der Waals surface area contributed by atoms with Gasteiger partial charge in [0.1, 0.15) is 6.54 Å². The van der Waals surface area contributed by atoms with Crippen molar-refractivity contribution in [1.29, 1.82) is 0 Å². The number of hydroxylamine groups is 2.